The van der Waals surface area contributed by atoms with Crippen LogP contribution in [-0.4, -0.2) is 43.0 Å². The SMILES string of the molecule is CN(CC(=O)NCC1CC1)C1CCC(N)CC1. The second kappa shape index (κ2) is 5.83. The van der Waals surface area contributed by atoms with Crippen LogP contribution in [0.4, 0.5) is 0 Å². The summed E-state index contributed by atoms with van der Waals surface area (Å²) in [4.78, 5) is 13.9. The van der Waals surface area contributed by atoms with E-state index in [0.29, 0.717) is 18.6 Å². The van der Waals surface area contributed by atoms with Gasteiger partial charge < -0.3 is 11.1 Å². The average molecular weight is 239 g/mol. The summed E-state index contributed by atoms with van der Waals surface area (Å²) in [6.07, 6.45) is 7.03. The molecule has 0 aromatic heterocycles. The first-order valence-electron chi connectivity index (χ1n) is 6.87. The standard InChI is InChI=1S/C13H25N3O/c1-16(12-6-4-11(14)5-7-12)9-13(17)15-8-10-2-3-10/h10-12H,2-9,14H2,1H3,(H,15,17). The van der Waals surface area contributed by atoms with Crippen LogP contribution in [0.3, 0.4) is 0 Å². The van der Waals surface area contributed by atoms with E-state index in [1.54, 1.807) is 0 Å². The van der Waals surface area contributed by atoms with E-state index in [0.717, 1.165) is 38.1 Å². The smallest absolute Gasteiger partial charge is 0.234 e. The predicted octanol–water partition coefficient (Wildman–Crippen LogP) is 0.714. The molecular formula is C13H25N3O. The minimum absolute atomic E-state index is 0.175. The van der Waals surface area contributed by atoms with Gasteiger partial charge in [-0.1, -0.05) is 0 Å². The minimum atomic E-state index is 0.175. The van der Waals surface area contributed by atoms with Gasteiger partial charge in [0, 0.05) is 18.6 Å². The Morgan fingerprint density at radius 3 is 2.47 bits per heavy atom. The maximum absolute atomic E-state index is 11.7. The molecule has 3 N–H and O–H groups in total. The van der Waals surface area contributed by atoms with Crippen LogP contribution in [0.2, 0.25) is 0 Å². The molecule has 0 aromatic rings. The fourth-order valence-electron chi connectivity index (χ4n) is 2.53. The highest BCUT2D eigenvalue weighted by Gasteiger charge is 2.24. The van der Waals surface area contributed by atoms with Crippen molar-refractivity contribution < 1.29 is 4.79 Å². The Labute approximate surface area is 104 Å². The molecule has 0 bridgehead atoms. The van der Waals surface area contributed by atoms with Gasteiger partial charge in [0.15, 0.2) is 0 Å². The molecule has 0 radical (unpaired) electrons. The van der Waals surface area contributed by atoms with Crippen molar-refractivity contribution in [3.05, 3.63) is 0 Å². The van der Waals surface area contributed by atoms with E-state index in [9.17, 15) is 4.79 Å². The van der Waals surface area contributed by atoms with Gasteiger partial charge in [-0.15, -0.1) is 0 Å². The van der Waals surface area contributed by atoms with Crippen LogP contribution in [-0.2, 0) is 4.79 Å². The summed E-state index contributed by atoms with van der Waals surface area (Å²) in [7, 11) is 2.05. The quantitative estimate of drug-likeness (QED) is 0.743. The second-order valence-electron chi connectivity index (χ2n) is 5.73. The number of nitrogens with two attached hydrogens (primary N) is 1. The van der Waals surface area contributed by atoms with E-state index in [-0.39, 0.29) is 5.91 Å². The Bertz CT molecular complexity index is 257. The van der Waals surface area contributed by atoms with Crippen LogP contribution in [0.5, 0.6) is 0 Å². The van der Waals surface area contributed by atoms with Crippen LogP contribution in [0.1, 0.15) is 38.5 Å². The Balaban J connectivity index is 1.64. The van der Waals surface area contributed by atoms with Crippen molar-refractivity contribution in [2.24, 2.45) is 11.7 Å². The molecule has 2 rings (SSSR count). The van der Waals surface area contributed by atoms with Gasteiger partial charge >= 0.3 is 0 Å². The topological polar surface area (TPSA) is 58.4 Å². The first-order valence-corrected chi connectivity index (χ1v) is 6.87. The largest absolute Gasteiger partial charge is 0.355 e. The minimum Gasteiger partial charge on any atom is -0.355 e. The average Bonchev–Trinajstić information content (AvgIpc) is 3.11. The van der Waals surface area contributed by atoms with Gasteiger partial charge in [-0.2, -0.15) is 0 Å². The second-order valence-corrected chi connectivity index (χ2v) is 5.73. The summed E-state index contributed by atoms with van der Waals surface area (Å²) < 4.78 is 0. The normalized spacial score (nSPS) is 29.4. The highest BCUT2D eigenvalue weighted by Crippen LogP contribution is 2.27. The number of likely N-dealkylation sites (N-methyl/N-ethyl adjacent to an activating group) is 1. The summed E-state index contributed by atoms with van der Waals surface area (Å²) in [6.45, 7) is 1.41. The molecule has 0 aliphatic heterocycles. The summed E-state index contributed by atoms with van der Waals surface area (Å²) in [5, 5.41) is 3.02. The van der Waals surface area contributed by atoms with Gasteiger partial charge in [-0.25, -0.2) is 0 Å². The molecule has 0 atom stereocenters. The number of nitrogens with one attached hydrogen (secondary N) is 1. The van der Waals surface area contributed by atoms with E-state index in [4.69, 9.17) is 5.73 Å². The number of rotatable bonds is 5. The van der Waals surface area contributed by atoms with Gasteiger partial charge in [0.05, 0.1) is 6.54 Å². The molecular weight excluding hydrogens is 214 g/mol. The Morgan fingerprint density at radius 1 is 1.24 bits per heavy atom. The summed E-state index contributed by atoms with van der Waals surface area (Å²) >= 11 is 0. The van der Waals surface area contributed by atoms with Crippen molar-refractivity contribution in [2.45, 2.75) is 50.6 Å². The highest BCUT2D eigenvalue weighted by atomic mass is 16.2. The van der Waals surface area contributed by atoms with E-state index >= 15 is 0 Å². The third-order valence-electron chi connectivity index (χ3n) is 4.04. The van der Waals surface area contributed by atoms with Crippen molar-refractivity contribution in [1.82, 2.24) is 10.2 Å². The lowest BCUT2D eigenvalue weighted by Gasteiger charge is -2.33. The number of nitrogens with zero attached hydrogens (tertiary/aromatic N) is 1. The van der Waals surface area contributed by atoms with Crippen LogP contribution < -0.4 is 11.1 Å². The van der Waals surface area contributed by atoms with E-state index in [1.807, 2.05) is 0 Å². The van der Waals surface area contributed by atoms with Crippen molar-refractivity contribution in [3.8, 4) is 0 Å². The van der Waals surface area contributed by atoms with Gasteiger partial charge in [0.25, 0.3) is 0 Å². The summed E-state index contributed by atoms with van der Waals surface area (Å²) in [5.74, 6) is 0.936. The van der Waals surface area contributed by atoms with E-state index in [2.05, 4.69) is 17.3 Å². The van der Waals surface area contributed by atoms with Crippen LogP contribution in [0.25, 0.3) is 0 Å². The van der Waals surface area contributed by atoms with Crippen molar-refractivity contribution in [2.75, 3.05) is 20.1 Å². The summed E-state index contributed by atoms with van der Waals surface area (Å²) in [5.41, 5.74) is 5.89. The van der Waals surface area contributed by atoms with Gasteiger partial charge in [-0.3, -0.25) is 9.69 Å². The molecule has 4 nitrogen and oxygen atoms in total. The maximum atomic E-state index is 11.7. The number of hydrogen-bond donors (Lipinski definition) is 2. The zero-order valence-electron chi connectivity index (χ0n) is 10.8. The highest BCUT2D eigenvalue weighted by molar-refractivity contribution is 5.78. The zero-order chi connectivity index (χ0) is 12.3. The van der Waals surface area contributed by atoms with Crippen LogP contribution in [0.15, 0.2) is 0 Å². The lowest BCUT2D eigenvalue weighted by molar-refractivity contribution is -0.122. The Morgan fingerprint density at radius 2 is 1.88 bits per heavy atom. The number of carbonyl (C=O) groups excluding carboxylic acids is 1. The lowest BCUT2D eigenvalue weighted by Crippen LogP contribution is -2.44. The van der Waals surface area contributed by atoms with E-state index in [1.165, 1.54) is 12.8 Å². The Hall–Kier alpha value is -0.610. The van der Waals surface area contributed by atoms with Gasteiger partial charge in [0.2, 0.25) is 5.91 Å². The maximum Gasteiger partial charge on any atom is 0.234 e. The molecule has 0 saturated heterocycles. The first kappa shape index (κ1) is 12.8. The van der Waals surface area contributed by atoms with Gasteiger partial charge in [0.1, 0.15) is 0 Å². The molecule has 0 heterocycles. The molecule has 0 spiro atoms. The van der Waals surface area contributed by atoms with Crippen molar-refractivity contribution >= 4 is 5.91 Å². The molecule has 0 aromatic carbocycles. The molecule has 2 aliphatic rings. The number of amides is 1. The fourth-order valence-corrected chi connectivity index (χ4v) is 2.53. The molecule has 4 heteroatoms. The molecule has 17 heavy (non-hydrogen) atoms. The monoisotopic (exact) mass is 239 g/mol. The molecule has 1 amide bonds. The third kappa shape index (κ3) is 4.28. The zero-order valence-corrected chi connectivity index (χ0v) is 10.8. The van der Waals surface area contributed by atoms with Gasteiger partial charge in [-0.05, 0) is 51.5 Å². The number of carbonyl (C=O) groups is 1. The Kier molecular flexibility index (Phi) is 4.40. The fraction of sp³-hybridized carbons (Fsp3) is 0.923. The first-order chi connectivity index (χ1) is 8.15. The van der Waals surface area contributed by atoms with Crippen molar-refractivity contribution in [1.29, 1.82) is 0 Å². The molecule has 2 aliphatic carbocycles. The molecule has 2 fully saturated rings. The van der Waals surface area contributed by atoms with Crippen LogP contribution >= 0.6 is 0 Å². The predicted molar refractivity (Wildman–Crippen MR) is 68.6 cm³/mol. The number of hydrogen-bond acceptors (Lipinski definition) is 3. The van der Waals surface area contributed by atoms with Crippen LogP contribution in [0, 0.1) is 5.92 Å². The molecule has 98 valence electrons. The lowest BCUT2D eigenvalue weighted by atomic mass is 9.91. The van der Waals surface area contributed by atoms with E-state index < -0.39 is 0 Å². The molecule has 0 unspecified atom stereocenters. The molecule has 2 saturated carbocycles. The third-order valence-corrected chi connectivity index (χ3v) is 4.04. The van der Waals surface area contributed by atoms with Crippen molar-refractivity contribution in [3.63, 3.8) is 0 Å². The summed E-state index contributed by atoms with van der Waals surface area (Å²) in [6, 6.07) is 0.921.